The second-order valence-corrected chi connectivity index (χ2v) is 5.63. The van der Waals surface area contributed by atoms with E-state index in [1.807, 2.05) is 0 Å². The Morgan fingerprint density at radius 3 is 3.11 bits per heavy atom. The van der Waals surface area contributed by atoms with E-state index >= 15 is 0 Å². The summed E-state index contributed by atoms with van der Waals surface area (Å²) in [6.07, 6.45) is 3.53. The number of rotatable bonds is 2. The number of halogens is 1. The zero-order chi connectivity index (χ0) is 13.6. The number of fused-ring (bicyclic) bond motifs is 2. The summed E-state index contributed by atoms with van der Waals surface area (Å²) in [6.45, 7) is 0.807. The van der Waals surface area contributed by atoms with Crippen molar-refractivity contribution in [3.05, 3.63) is 25.9 Å². The number of hydrogen-bond acceptors (Lipinski definition) is 4. The van der Waals surface area contributed by atoms with Crippen molar-refractivity contribution in [3.63, 3.8) is 0 Å². The average Bonchev–Trinajstić information content (AvgIpc) is 2.96. The number of carbonyl (C=O) groups excluding carboxylic acids is 1. The van der Waals surface area contributed by atoms with Crippen LogP contribution in [-0.2, 0) is 29.0 Å². The summed E-state index contributed by atoms with van der Waals surface area (Å²) < 4.78 is 8.89. The highest BCUT2D eigenvalue weighted by atomic mass is 127. The molecule has 3 rings (SSSR count). The van der Waals surface area contributed by atoms with Crippen LogP contribution in [0.1, 0.15) is 12.2 Å². The Bertz CT molecular complexity index is 732. The molecule has 0 spiro atoms. The molecule has 1 aliphatic heterocycles. The summed E-state index contributed by atoms with van der Waals surface area (Å²) in [5, 5.41) is 0.593. The van der Waals surface area contributed by atoms with Gasteiger partial charge in [-0.2, -0.15) is 0 Å². The Hall–Kier alpha value is -1.38. The lowest BCUT2D eigenvalue weighted by atomic mass is 10.3. The minimum Gasteiger partial charge on any atom is -0.468 e. The van der Waals surface area contributed by atoms with Gasteiger partial charge in [0.15, 0.2) is 0 Å². The predicted molar refractivity (Wildman–Crippen MR) is 77.0 cm³/mol. The monoisotopic (exact) mass is 373 g/mol. The summed E-state index contributed by atoms with van der Waals surface area (Å²) in [6, 6.07) is 0. The van der Waals surface area contributed by atoms with Crippen molar-refractivity contribution in [1.29, 1.82) is 0 Å². The molecule has 0 saturated carbocycles. The first-order chi connectivity index (χ1) is 9.11. The molecule has 0 unspecified atom stereocenters. The molecule has 2 aromatic heterocycles. The Morgan fingerprint density at radius 1 is 1.58 bits per heavy atom. The van der Waals surface area contributed by atoms with Gasteiger partial charge in [0.2, 0.25) is 0 Å². The Labute approximate surface area is 122 Å². The van der Waals surface area contributed by atoms with Gasteiger partial charge in [0.05, 0.1) is 12.5 Å². The van der Waals surface area contributed by atoms with Gasteiger partial charge in [0, 0.05) is 22.7 Å². The van der Waals surface area contributed by atoms with E-state index in [0.717, 1.165) is 28.8 Å². The molecule has 0 aliphatic carbocycles. The van der Waals surface area contributed by atoms with Crippen LogP contribution in [-0.4, -0.2) is 27.2 Å². The minimum atomic E-state index is -0.351. The molecule has 0 bridgehead atoms. The second-order valence-electron chi connectivity index (χ2n) is 4.47. The average molecular weight is 373 g/mol. The summed E-state index contributed by atoms with van der Waals surface area (Å²) in [7, 11) is 1.35. The topological polar surface area (TPSA) is 66.1 Å². The molecular formula is C12H12IN3O3. The van der Waals surface area contributed by atoms with Crippen LogP contribution < -0.4 is 5.56 Å². The fourth-order valence-electron chi connectivity index (χ4n) is 2.41. The zero-order valence-electron chi connectivity index (χ0n) is 10.4. The lowest BCUT2D eigenvalue weighted by Crippen LogP contribution is -2.21. The SMILES string of the molecule is COC(=O)Cn1cc(I)c2c(=O)n3c(nc21)CCC3. The number of aromatic nitrogens is 3. The first-order valence-corrected chi connectivity index (χ1v) is 7.04. The maximum atomic E-state index is 12.4. The van der Waals surface area contributed by atoms with Gasteiger partial charge in [0.25, 0.3) is 5.56 Å². The first-order valence-electron chi connectivity index (χ1n) is 5.96. The number of methoxy groups -OCH3 is 1. The Morgan fingerprint density at radius 2 is 2.37 bits per heavy atom. The molecule has 19 heavy (non-hydrogen) atoms. The fourth-order valence-corrected chi connectivity index (χ4v) is 3.21. The third-order valence-corrected chi connectivity index (χ3v) is 4.14. The van der Waals surface area contributed by atoms with E-state index in [9.17, 15) is 9.59 Å². The van der Waals surface area contributed by atoms with Gasteiger partial charge in [0.1, 0.15) is 18.0 Å². The van der Waals surface area contributed by atoms with E-state index in [0.29, 0.717) is 11.0 Å². The van der Waals surface area contributed by atoms with Crippen molar-refractivity contribution in [2.24, 2.45) is 0 Å². The minimum absolute atomic E-state index is 0.00878. The number of aryl methyl sites for hydroxylation is 1. The summed E-state index contributed by atoms with van der Waals surface area (Å²) in [4.78, 5) is 28.3. The summed E-state index contributed by atoms with van der Waals surface area (Å²) in [5.74, 6) is 0.453. The van der Waals surface area contributed by atoms with Gasteiger partial charge in [-0.25, -0.2) is 4.98 Å². The molecule has 0 aromatic carbocycles. The van der Waals surface area contributed by atoms with Gasteiger partial charge in [-0.1, -0.05) is 0 Å². The molecule has 6 nitrogen and oxygen atoms in total. The number of carbonyl (C=O) groups is 1. The standard InChI is InChI=1S/C12H12IN3O3/c1-19-9(17)6-15-5-7(13)10-11(15)14-8-3-2-4-16(8)12(10)18/h5H,2-4,6H2,1H3. The van der Waals surface area contributed by atoms with Crippen LogP contribution in [0.5, 0.6) is 0 Å². The van der Waals surface area contributed by atoms with Crippen molar-refractivity contribution in [3.8, 4) is 0 Å². The number of nitrogens with zero attached hydrogens (tertiary/aromatic N) is 3. The molecule has 0 fully saturated rings. The molecule has 0 radical (unpaired) electrons. The maximum absolute atomic E-state index is 12.4. The summed E-state index contributed by atoms with van der Waals surface area (Å²) in [5.41, 5.74) is 0.568. The van der Waals surface area contributed by atoms with Crippen molar-refractivity contribution in [1.82, 2.24) is 14.1 Å². The van der Waals surface area contributed by atoms with Gasteiger partial charge in [-0.3, -0.25) is 14.2 Å². The van der Waals surface area contributed by atoms with E-state index in [1.165, 1.54) is 7.11 Å². The lowest BCUT2D eigenvalue weighted by molar-refractivity contribution is -0.141. The molecule has 0 atom stereocenters. The first kappa shape index (κ1) is 12.6. The number of hydrogen-bond donors (Lipinski definition) is 0. The summed E-state index contributed by atoms with van der Waals surface area (Å²) >= 11 is 2.10. The van der Waals surface area contributed by atoms with E-state index < -0.39 is 0 Å². The highest BCUT2D eigenvalue weighted by Crippen LogP contribution is 2.21. The van der Waals surface area contributed by atoms with Gasteiger partial charge in [-0.15, -0.1) is 0 Å². The normalized spacial score (nSPS) is 13.8. The Balaban J connectivity index is 2.24. The molecule has 1 aliphatic rings. The van der Waals surface area contributed by atoms with Crippen LogP contribution in [0.4, 0.5) is 0 Å². The second kappa shape index (κ2) is 4.62. The van der Waals surface area contributed by atoms with E-state index in [1.54, 1.807) is 15.3 Å². The third kappa shape index (κ3) is 1.96. The van der Waals surface area contributed by atoms with Gasteiger partial charge < -0.3 is 9.30 Å². The van der Waals surface area contributed by atoms with E-state index in [2.05, 4.69) is 32.3 Å². The van der Waals surface area contributed by atoms with Crippen molar-refractivity contribution in [2.45, 2.75) is 25.9 Å². The van der Waals surface area contributed by atoms with Crippen LogP contribution in [0.25, 0.3) is 11.0 Å². The maximum Gasteiger partial charge on any atom is 0.325 e. The van der Waals surface area contributed by atoms with Crippen LogP contribution in [0.15, 0.2) is 11.0 Å². The van der Waals surface area contributed by atoms with Crippen LogP contribution in [0, 0.1) is 3.57 Å². The van der Waals surface area contributed by atoms with Crippen LogP contribution in [0.3, 0.4) is 0 Å². The van der Waals surface area contributed by atoms with Crippen LogP contribution >= 0.6 is 22.6 Å². The molecule has 100 valence electrons. The number of esters is 1. The van der Waals surface area contributed by atoms with E-state index in [4.69, 9.17) is 0 Å². The smallest absolute Gasteiger partial charge is 0.325 e. The van der Waals surface area contributed by atoms with Crippen molar-refractivity contribution >= 4 is 39.6 Å². The van der Waals surface area contributed by atoms with Gasteiger partial charge >= 0.3 is 5.97 Å². The molecule has 0 N–H and O–H groups in total. The molecule has 3 heterocycles. The fraction of sp³-hybridized carbons (Fsp3) is 0.417. The largest absolute Gasteiger partial charge is 0.468 e. The van der Waals surface area contributed by atoms with Crippen molar-refractivity contribution < 1.29 is 9.53 Å². The van der Waals surface area contributed by atoms with Crippen molar-refractivity contribution in [2.75, 3.05) is 7.11 Å². The third-order valence-electron chi connectivity index (χ3n) is 3.32. The zero-order valence-corrected chi connectivity index (χ0v) is 12.5. The van der Waals surface area contributed by atoms with E-state index in [-0.39, 0.29) is 18.1 Å². The molecule has 7 heteroatoms. The molecular weight excluding hydrogens is 361 g/mol. The van der Waals surface area contributed by atoms with Crippen LogP contribution in [0.2, 0.25) is 0 Å². The molecule has 2 aromatic rings. The highest BCUT2D eigenvalue weighted by molar-refractivity contribution is 14.1. The van der Waals surface area contributed by atoms with Gasteiger partial charge in [-0.05, 0) is 29.0 Å². The quantitative estimate of drug-likeness (QED) is 0.580. The lowest BCUT2D eigenvalue weighted by Gasteiger charge is -2.05. The number of ether oxygens (including phenoxy) is 1. The predicted octanol–water partition coefficient (Wildman–Crippen LogP) is 0.922. The highest BCUT2D eigenvalue weighted by Gasteiger charge is 2.21. The Kier molecular flexibility index (Phi) is 3.08. The molecule has 0 saturated heterocycles. The molecule has 0 amide bonds.